The highest BCUT2D eigenvalue weighted by Gasteiger charge is 2.25. The topological polar surface area (TPSA) is 0 Å². The summed E-state index contributed by atoms with van der Waals surface area (Å²) in [4.78, 5) is 0. The summed E-state index contributed by atoms with van der Waals surface area (Å²) in [7, 11) is 0. The van der Waals surface area contributed by atoms with Crippen LogP contribution < -0.4 is 0 Å². The third kappa shape index (κ3) is 1.02. The lowest BCUT2D eigenvalue weighted by Gasteiger charge is -2.09. The molecule has 2 aromatic rings. The van der Waals surface area contributed by atoms with E-state index >= 15 is 0 Å². The van der Waals surface area contributed by atoms with Crippen LogP contribution in [0.4, 0.5) is 0 Å². The Bertz CT molecular complexity index is 544. The van der Waals surface area contributed by atoms with Crippen molar-refractivity contribution in [2.45, 2.75) is 19.3 Å². The first-order valence-corrected chi connectivity index (χ1v) is 5.53. The molecule has 0 amide bonds. The quantitative estimate of drug-likeness (QED) is 0.632. The maximum absolute atomic E-state index is 4.25. The highest BCUT2D eigenvalue weighted by molar-refractivity contribution is 6.02. The van der Waals surface area contributed by atoms with Gasteiger partial charge in [-0.25, -0.2) is 0 Å². The van der Waals surface area contributed by atoms with E-state index in [2.05, 4.69) is 49.9 Å². The molecule has 0 spiro atoms. The van der Waals surface area contributed by atoms with Crippen molar-refractivity contribution >= 4 is 16.3 Å². The van der Waals surface area contributed by atoms with Gasteiger partial charge in [-0.1, -0.05) is 49.9 Å². The van der Waals surface area contributed by atoms with Gasteiger partial charge in [-0.15, -0.1) is 0 Å². The Kier molecular flexibility index (Phi) is 1.72. The summed E-state index contributed by atoms with van der Waals surface area (Å²) < 4.78 is 0. The molecule has 0 fully saturated rings. The summed E-state index contributed by atoms with van der Waals surface area (Å²) in [5.74, 6) is 0.533. The number of hydrogen-bond acceptors (Lipinski definition) is 0. The van der Waals surface area contributed by atoms with Gasteiger partial charge >= 0.3 is 0 Å². The first-order chi connectivity index (χ1) is 7.33. The minimum absolute atomic E-state index is 0.533. The minimum atomic E-state index is 0.533. The molecule has 0 heterocycles. The van der Waals surface area contributed by atoms with E-state index in [1.807, 2.05) is 0 Å². The molecule has 15 heavy (non-hydrogen) atoms. The molecule has 74 valence electrons. The number of allylic oxidation sites excluding steroid dienone is 1. The molecule has 0 N–H and O–H groups in total. The second-order valence-electron chi connectivity index (χ2n) is 4.24. The molecule has 3 rings (SSSR count). The molecule has 1 unspecified atom stereocenters. The van der Waals surface area contributed by atoms with Crippen molar-refractivity contribution < 1.29 is 0 Å². The SMILES string of the molecule is C=C1c2cccc3cccc(c23)C1CC. The van der Waals surface area contributed by atoms with Gasteiger partial charge in [0.1, 0.15) is 0 Å². The molecule has 1 aliphatic carbocycles. The van der Waals surface area contributed by atoms with Gasteiger partial charge in [0, 0.05) is 5.92 Å². The van der Waals surface area contributed by atoms with E-state index in [0.717, 1.165) is 6.42 Å². The first kappa shape index (κ1) is 8.72. The zero-order chi connectivity index (χ0) is 10.4. The predicted molar refractivity (Wildman–Crippen MR) is 66.0 cm³/mol. The van der Waals surface area contributed by atoms with Crippen LogP contribution in [0.2, 0.25) is 0 Å². The van der Waals surface area contributed by atoms with Crippen LogP contribution >= 0.6 is 0 Å². The van der Waals surface area contributed by atoms with Crippen molar-refractivity contribution in [1.29, 1.82) is 0 Å². The molecule has 0 aliphatic heterocycles. The van der Waals surface area contributed by atoms with E-state index in [1.54, 1.807) is 0 Å². The second-order valence-corrected chi connectivity index (χ2v) is 4.24. The van der Waals surface area contributed by atoms with Crippen molar-refractivity contribution in [3.63, 3.8) is 0 Å². The normalized spacial score (nSPS) is 18.7. The Hall–Kier alpha value is -1.56. The van der Waals surface area contributed by atoms with Crippen molar-refractivity contribution in [2.24, 2.45) is 0 Å². The van der Waals surface area contributed by atoms with Gasteiger partial charge in [-0.05, 0) is 33.9 Å². The van der Waals surface area contributed by atoms with E-state index in [0.29, 0.717) is 5.92 Å². The van der Waals surface area contributed by atoms with Crippen molar-refractivity contribution in [1.82, 2.24) is 0 Å². The summed E-state index contributed by atoms with van der Waals surface area (Å²) >= 11 is 0. The number of rotatable bonds is 1. The maximum Gasteiger partial charge on any atom is 0.00933 e. The van der Waals surface area contributed by atoms with Crippen molar-refractivity contribution in [3.05, 3.63) is 54.1 Å². The van der Waals surface area contributed by atoms with Crippen LogP contribution in [0.25, 0.3) is 16.3 Å². The van der Waals surface area contributed by atoms with Gasteiger partial charge in [0.05, 0.1) is 0 Å². The Labute approximate surface area is 90.2 Å². The summed E-state index contributed by atoms with van der Waals surface area (Å²) in [6, 6.07) is 13.1. The number of benzene rings is 2. The standard InChI is InChI=1S/C15H14/c1-3-12-10(2)13-8-4-6-11-7-5-9-14(12)15(11)13/h4-9,12H,2-3H2,1H3. The van der Waals surface area contributed by atoms with Crippen LogP contribution in [0.1, 0.15) is 30.4 Å². The third-order valence-electron chi connectivity index (χ3n) is 3.49. The first-order valence-electron chi connectivity index (χ1n) is 5.53. The summed E-state index contributed by atoms with van der Waals surface area (Å²) in [6.07, 6.45) is 1.15. The monoisotopic (exact) mass is 194 g/mol. The van der Waals surface area contributed by atoms with Crippen LogP contribution in [0.15, 0.2) is 43.0 Å². The van der Waals surface area contributed by atoms with Gasteiger partial charge in [-0.3, -0.25) is 0 Å². The zero-order valence-electron chi connectivity index (χ0n) is 8.96. The highest BCUT2D eigenvalue weighted by Crippen LogP contribution is 2.46. The predicted octanol–water partition coefficient (Wildman–Crippen LogP) is 4.36. The fraction of sp³-hybridized carbons (Fsp3) is 0.200. The van der Waals surface area contributed by atoms with Gasteiger partial charge < -0.3 is 0 Å². The summed E-state index contributed by atoms with van der Waals surface area (Å²) in [6.45, 7) is 6.48. The molecule has 0 heteroatoms. The highest BCUT2D eigenvalue weighted by atomic mass is 14.3. The Balaban J connectivity index is 2.45. The molecule has 0 radical (unpaired) electrons. The largest absolute Gasteiger partial charge is 0.0946 e. The maximum atomic E-state index is 4.25. The minimum Gasteiger partial charge on any atom is -0.0946 e. The fourth-order valence-electron chi connectivity index (χ4n) is 2.77. The lowest BCUT2D eigenvalue weighted by Crippen LogP contribution is -1.91. The van der Waals surface area contributed by atoms with E-state index < -0.39 is 0 Å². The van der Waals surface area contributed by atoms with Gasteiger partial charge in [0.15, 0.2) is 0 Å². The van der Waals surface area contributed by atoms with Gasteiger partial charge in [-0.2, -0.15) is 0 Å². The second kappa shape index (κ2) is 2.96. The van der Waals surface area contributed by atoms with E-state index in [9.17, 15) is 0 Å². The molecule has 1 atom stereocenters. The lowest BCUT2D eigenvalue weighted by atomic mass is 9.95. The third-order valence-corrected chi connectivity index (χ3v) is 3.49. The van der Waals surface area contributed by atoms with Gasteiger partial charge in [0.25, 0.3) is 0 Å². The molecule has 0 saturated heterocycles. The average Bonchev–Trinajstić information content (AvgIpc) is 2.55. The van der Waals surface area contributed by atoms with E-state index in [1.165, 1.54) is 27.5 Å². The molecule has 2 aromatic carbocycles. The molecular weight excluding hydrogens is 180 g/mol. The van der Waals surface area contributed by atoms with Crippen LogP contribution in [-0.2, 0) is 0 Å². The fourth-order valence-corrected chi connectivity index (χ4v) is 2.77. The van der Waals surface area contributed by atoms with Crippen LogP contribution in [-0.4, -0.2) is 0 Å². The lowest BCUT2D eigenvalue weighted by molar-refractivity contribution is 0.844. The molecule has 1 aliphatic rings. The van der Waals surface area contributed by atoms with Crippen molar-refractivity contribution in [3.8, 4) is 0 Å². The van der Waals surface area contributed by atoms with Gasteiger partial charge in [0.2, 0.25) is 0 Å². The molecule has 0 saturated carbocycles. The van der Waals surface area contributed by atoms with Crippen LogP contribution in [0.3, 0.4) is 0 Å². The smallest absolute Gasteiger partial charge is 0.00933 e. The Morgan fingerprint density at radius 3 is 2.60 bits per heavy atom. The Morgan fingerprint density at radius 2 is 1.87 bits per heavy atom. The molecule has 0 aromatic heterocycles. The molecular formula is C15H14. The summed E-state index contributed by atoms with van der Waals surface area (Å²) in [5.41, 5.74) is 4.12. The number of hydrogen-bond donors (Lipinski definition) is 0. The van der Waals surface area contributed by atoms with Crippen molar-refractivity contribution in [2.75, 3.05) is 0 Å². The molecule has 0 bridgehead atoms. The zero-order valence-corrected chi connectivity index (χ0v) is 8.96. The van der Waals surface area contributed by atoms with E-state index in [-0.39, 0.29) is 0 Å². The average molecular weight is 194 g/mol. The van der Waals surface area contributed by atoms with E-state index in [4.69, 9.17) is 0 Å². The summed E-state index contributed by atoms with van der Waals surface area (Å²) in [5, 5.41) is 2.78. The van der Waals surface area contributed by atoms with Crippen LogP contribution in [0, 0.1) is 0 Å². The Morgan fingerprint density at radius 1 is 1.13 bits per heavy atom. The van der Waals surface area contributed by atoms with Crippen LogP contribution in [0.5, 0.6) is 0 Å². The molecule has 0 nitrogen and oxygen atoms in total.